The second-order valence-corrected chi connectivity index (χ2v) is 32.3. The van der Waals surface area contributed by atoms with Crippen LogP contribution in [0.4, 0.5) is 79.6 Å². The lowest BCUT2D eigenvalue weighted by Crippen LogP contribution is -2.14. The smallest absolute Gasteiger partial charge is 0.271 e. The molecule has 0 fully saturated rings. The quantitative estimate of drug-likeness (QED) is 0.0172. The third kappa shape index (κ3) is 24.3. The van der Waals surface area contributed by atoms with Crippen molar-refractivity contribution in [3.05, 3.63) is 402 Å². The first-order valence-electron chi connectivity index (χ1n) is 42.7. The first-order valence-corrected chi connectivity index (χ1v) is 42.7. The number of carbonyl (C=O) groups excluding carboxylic acids is 7. The largest absolute Gasteiger partial charge is 0.505 e. The Hall–Kier alpha value is -18.0. The number of fused-ring (bicyclic) bond motifs is 3. The van der Waals surface area contributed by atoms with Crippen LogP contribution in [0.1, 0.15) is 150 Å². The number of aromatic hydroxyl groups is 3. The van der Waals surface area contributed by atoms with Gasteiger partial charge in [0.2, 0.25) is 0 Å². The average Bonchev–Trinajstić information content (AvgIpc) is 0.781. The maximum atomic E-state index is 13.6. The van der Waals surface area contributed by atoms with Gasteiger partial charge in [0.05, 0.1) is 40.1 Å². The van der Waals surface area contributed by atoms with Crippen molar-refractivity contribution >= 4 is 153 Å². The van der Waals surface area contributed by atoms with Crippen molar-refractivity contribution in [3.8, 4) is 23.0 Å². The number of non-ortho nitro benzene ring substituents is 1. The molecule has 27 heteroatoms. The van der Waals surface area contributed by atoms with E-state index in [0.717, 1.165) is 61.3 Å². The number of anilines is 7. The normalized spacial score (nSPS) is 10.8. The molecule has 7 amide bonds. The van der Waals surface area contributed by atoms with Crippen LogP contribution in [0.2, 0.25) is 0 Å². The zero-order valence-electron chi connectivity index (χ0n) is 75.3. The van der Waals surface area contributed by atoms with E-state index in [0.29, 0.717) is 100 Å². The van der Waals surface area contributed by atoms with Gasteiger partial charge in [-0.15, -0.1) is 20.5 Å². The Kier molecular flexibility index (Phi) is 32.7. The highest BCUT2D eigenvalue weighted by atomic mass is 16.6. The van der Waals surface area contributed by atoms with E-state index in [2.05, 4.69) is 67.9 Å². The second-order valence-electron chi connectivity index (χ2n) is 32.3. The predicted octanol–water partition coefficient (Wildman–Crippen LogP) is 28.6. The van der Waals surface area contributed by atoms with Crippen LogP contribution in [-0.2, 0) is 0 Å². The number of carbonyl (C=O) groups is 7. The molecule has 0 saturated heterocycles. The summed E-state index contributed by atoms with van der Waals surface area (Å²) in [7, 11) is 1.46. The van der Waals surface area contributed by atoms with Gasteiger partial charge >= 0.3 is 0 Å². The summed E-state index contributed by atoms with van der Waals surface area (Å²) >= 11 is 0. The third-order valence-electron chi connectivity index (χ3n) is 22.1. The van der Waals surface area contributed by atoms with Crippen LogP contribution in [0.3, 0.4) is 0 Å². The fraction of sp³-hybridized carbons (Fsp3) is 0.126. The average molecular weight is 1840 g/mol. The number of hydrogen-bond donors (Lipinski definition) is 10. The topological polar surface area (TPSA) is 391 Å². The van der Waals surface area contributed by atoms with Crippen molar-refractivity contribution in [2.45, 2.75) is 91.5 Å². The Morgan fingerprint density at radius 2 is 0.630 bits per heavy atom. The number of rotatable bonds is 22. The number of ether oxygens (including phenoxy) is 1. The molecule has 10 N–H and O–H groups in total. The van der Waals surface area contributed by atoms with E-state index in [1.807, 2.05) is 203 Å². The molecule has 0 bridgehead atoms. The molecular formula is C111H104N14O13. The van der Waals surface area contributed by atoms with Crippen molar-refractivity contribution < 1.29 is 58.5 Å². The number of hydrogen-bond acceptors (Lipinski definition) is 19. The van der Waals surface area contributed by atoms with Crippen molar-refractivity contribution in [1.29, 1.82) is 0 Å². The van der Waals surface area contributed by atoms with E-state index in [1.165, 1.54) is 49.6 Å². The molecule has 0 saturated carbocycles. The zero-order chi connectivity index (χ0) is 95.8. The molecule has 696 valence electrons. The van der Waals surface area contributed by atoms with E-state index < -0.39 is 34.1 Å². The number of methoxy groups -OCH3 is 1. The number of azo groups is 3. The van der Waals surface area contributed by atoms with Crippen LogP contribution >= 0.6 is 0 Å². The lowest BCUT2D eigenvalue weighted by Gasteiger charge is -2.14. The van der Waals surface area contributed by atoms with Crippen molar-refractivity contribution in [2.24, 2.45) is 30.7 Å². The SMILES string of the molecule is C.C.C.COc1ccc(C(=O)Nc2ccccc2)cc1N=Nc1c(O)c(C(=O)Nc2ccccc2C)cc2cc(C(=O)Nc3ccccc3C)ccc12.Cc1ccc(N=Nc2c(O)c(C(=O)Nc3ccc(C)cc3C)cc3cc(C(=O)Nc4ccc(C)cc4C)ccc23)c(C)c1.Cc1ccc(NC(=O)c2ccc3c(N=Nc4cccc([N+](=O)[O-])c4)c(O)c(C(=O)Nc4ccc(C)cc4)cc3c2)cc1. The standard InChI is InChI=1S/C40H33N5O5.C36H34N4O3.C32H25N5O5.3CH4/c1-24-11-7-9-15-32(24)42-39(48)26-17-19-30-28(21-26)22-31(40(49)43-33-16-10-8-12-25(33)2)37(46)36(30)45-44-34-23-27(18-20-35(34)50-3)38(47)41-29-13-5-4-6-14-29;1-20-7-12-30(23(4)15-20)37-35(42)26-10-11-28-27(18-26)19-29(36(43)38-31-13-8-21(2)16-24(31)5)34(41)33(28)40-39-32-14-9-22(3)17-25(32)6;1-19-6-11-23(12-7-19)33-31(39)21-10-15-27-22(16-21)17-28(32(40)34-24-13-8-20(2)9-14-24)30(38)29(27)36-35-25-4-3-5-26(18-25)37(41)42;;;/h4-23,46H,1-3H3,(H,41,47)(H,42,48)(H,43,49);7-19,41H,1-6H3,(H,37,42)(H,38,43);3-18,38H,1-2H3,(H,33,39)(H,34,40);3*1H4. The third-order valence-corrected chi connectivity index (χ3v) is 22.1. The molecule has 0 aromatic heterocycles. The van der Waals surface area contributed by atoms with Crippen LogP contribution in [-0.4, -0.2) is 68.7 Å². The number of nitrogens with zero attached hydrogens (tertiary/aromatic N) is 7. The van der Waals surface area contributed by atoms with Gasteiger partial charge in [-0.3, -0.25) is 43.7 Å². The maximum absolute atomic E-state index is 13.6. The molecule has 0 aliphatic carbocycles. The molecular weight excluding hydrogens is 1740 g/mol. The van der Waals surface area contributed by atoms with Crippen LogP contribution in [0.5, 0.6) is 23.0 Å². The molecule has 16 aromatic carbocycles. The van der Waals surface area contributed by atoms with Crippen LogP contribution in [0.15, 0.2) is 328 Å². The number of amides is 7. The Labute approximate surface area is 798 Å². The Morgan fingerprint density at radius 3 is 1.04 bits per heavy atom. The Morgan fingerprint density at radius 1 is 0.290 bits per heavy atom. The summed E-state index contributed by atoms with van der Waals surface area (Å²) in [5.41, 5.74) is 16.4. The number of nitro benzene ring substituents is 1. The van der Waals surface area contributed by atoms with Gasteiger partial charge < -0.3 is 57.3 Å². The molecule has 0 atom stereocenters. The number of para-hydroxylation sites is 3. The summed E-state index contributed by atoms with van der Waals surface area (Å²) in [5.74, 6) is -3.86. The number of nitrogens with one attached hydrogen (secondary N) is 7. The minimum Gasteiger partial charge on any atom is -0.505 e. The molecule has 16 aromatic rings. The minimum atomic E-state index is -0.598. The molecule has 0 aliphatic rings. The highest BCUT2D eigenvalue weighted by Crippen LogP contribution is 2.45. The lowest BCUT2D eigenvalue weighted by molar-refractivity contribution is -0.384. The summed E-state index contributed by atoms with van der Waals surface area (Å²) < 4.78 is 5.49. The van der Waals surface area contributed by atoms with Gasteiger partial charge in [-0.2, -0.15) is 10.2 Å². The minimum absolute atomic E-state index is 0. The predicted molar refractivity (Wildman–Crippen MR) is 550 cm³/mol. The van der Waals surface area contributed by atoms with Gasteiger partial charge in [0.15, 0.2) is 17.2 Å². The van der Waals surface area contributed by atoms with Gasteiger partial charge in [0, 0.05) is 90.4 Å². The molecule has 0 radical (unpaired) electrons. The van der Waals surface area contributed by atoms with Crippen molar-refractivity contribution in [2.75, 3.05) is 44.3 Å². The molecule has 16 rings (SSSR count). The highest BCUT2D eigenvalue weighted by molar-refractivity contribution is 6.17. The van der Waals surface area contributed by atoms with E-state index in [-0.39, 0.29) is 102 Å². The summed E-state index contributed by atoms with van der Waals surface area (Å²) in [6.45, 7) is 19.4. The van der Waals surface area contributed by atoms with E-state index in [1.54, 1.807) is 121 Å². The molecule has 0 spiro atoms. The first kappa shape index (κ1) is 101. The number of phenols is 3. The van der Waals surface area contributed by atoms with E-state index in [9.17, 15) is 59.0 Å². The monoisotopic (exact) mass is 1840 g/mol. The summed E-state index contributed by atoms with van der Waals surface area (Å²) in [4.78, 5) is 104. The van der Waals surface area contributed by atoms with Gasteiger partial charge in [-0.1, -0.05) is 190 Å². The van der Waals surface area contributed by atoms with E-state index in [4.69, 9.17) is 4.74 Å². The fourth-order valence-corrected chi connectivity index (χ4v) is 14.7. The second kappa shape index (κ2) is 44.9. The zero-order valence-corrected chi connectivity index (χ0v) is 75.3. The molecule has 0 unspecified atom stereocenters. The lowest BCUT2D eigenvalue weighted by atomic mass is 10.00. The fourth-order valence-electron chi connectivity index (χ4n) is 14.7. The first-order chi connectivity index (χ1) is 64.9. The maximum Gasteiger partial charge on any atom is 0.271 e. The van der Waals surface area contributed by atoms with Crippen LogP contribution in [0.25, 0.3) is 32.3 Å². The number of benzene rings is 16. The van der Waals surface area contributed by atoms with Gasteiger partial charge in [-0.05, 0) is 259 Å². The Bertz CT molecular complexity index is 7490. The summed E-state index contributed by atoms with van der Waals surface area (Å²) in [6.07, 6.45) is 0. The van der Waals surface area contributed by atoms with Crippen LogP contribution in [0, 0.1) is 79.4 Å². The van der Waals surface area contributed by atoms with Gasteiger partial charge in [0.1, 0.15) is 28.5 Å². The van der Waals surface area contributed by atoms with Gasteiger partial charge in [0.25, 0.3) is 47.0 Å². The Balaban J connectivity index is 0.000000197. The summed E-state index contributed by atoms with van der Waals surface area (Å²) in [6, 6.07) is 85.1. The summed E-state index contributed by atoms with van der Waals surface area (Å²) in [5, 5.41) is 94.2. The number of phenolic OH excluding ortho intramolecular Hbond substituents is 3. The molecule has 0 aliphatic heterocycles. The highest BCUT2D eigenvalue weighted by Gasteiger charge is 2.26. The van der Waals surface area contributed by atoms with Crippen molar-refractivity contribution in [1.82, 2.24) is 0 Å². The number of nitro groups is 1. The molecule has 27 nitrogen and oxygen atoms in total. The van der Waals surface area contributed by atoms with Crippen LogP contribution < -0.4 is 42.0 Å². The molecule has 0 heterocycles. The molecule has 138 heavy (non-hydrogen) atoms. The number of aryl methyl sites for hydroxylation is 10. The van der Waals surface area contributed by atoms with E-state index >= 15 is 0 Å². The van der Waals surface area contributed by atoms with Crippen molar-refractivity contribution in [3.63, 3.8) is 0 Å². The van der Waals surface area contributed by atoms with Gasteiger partial charge in [-0.25, -0.2) is 0 Å².